The average Bonchev–Trinajstić information content (AvgIpc) is 2.59. The molecule has 0 aromatic heterocycles. The minimum absolute atomic E-state index is 1.08. The van der Waals surface area contributed by atoms with Crippen LogP contribution in [0.5, 0.6) is 0 Å². The lowest BCUT2D eigenvalue weighted by Crippen LogP contribution is -1.83. The fraction of sp³-hybridized carbons (Fsp3) is 0.238. The second kappa shape index (κ2) is 9.69. The van der Waals surface area contributed by atoms with Gasteiger partial charge in [0.25, 0.3) is 0 Å². The summed E-state index contributed by atoms with van der Waals surface area (Å²) >= 11 is 3.79. The minimum atomic E-state index is 1.08. The van der Waals surface area contributed by atoms with Crippen molar-refractivity contribution in [3.8, 4) is 0 Å². The highest BCUT2D eigenvalue weighted by atomic mass is 32.2. The molecule has 0 nitrogen and oxygen atoms in total. The first-order valence-corrected chi connectivity index (χ1v) is 10.0. The first-order valence-electron chi connectivity index (χ1n) is 8.04. The Hall–Kier alpha value is -1.38. The summed E-state index contributed by atoms with van der Waals surface area (Å²) in [6, 6.07) is 19.4. The highest BCUT2D eigenvalue weighted by Gasteiger charge is 2.03. The van der Waals surface area contributed by atoms with E-state index in [1.807, 2.05) is 23.5 Å². The Morgan fingerprint density at radius 1 is 0.739 bits per heavy atom. The molecule has 0 aliphatic heterocycles. The maximum absolute atomic E-state index is 2.27. The second-order valence-corrected chi connectivity index (χ2v) is 7.77. The van der Waals surface area contributed by atoms with E-state index < -0.39 is 0 Å². The normalized spacial score (nSPS) is 12.5. The number of rotatable bonds is 7. The molecule has 0 N–H and O–H groups in total. The largest absolute Gasteiger partial charge is 0.126 e. The van der Waals surface area contributed by atoms with Gasteiger partial charge in [0, 0.05) is 9.81 Å². The van der Waals surface area contributed by atoms with Gasteiger partial charge in [0.15, 0.2) is 0 Å². The summed E-state index contributed by atoms with van der Waals surface area (Å²) < 4.78 is 0. The van der Waals surface area contributed by atoms with Crippen LogP contribution in [0.1, 0.15) is 30.5 Å². The SMILES string of the molecule is CCS/C(=C\C=C(/SCC)c1ccc(C)cc1)c1ccccc1. The molecule has 120 valence electrons. The topological polar surface area (TPSA) is 0 Å². The molecule has 0 saturated carbocycles. The quantitative estimate of drug-likeness (QED) is 0.504. The Balaban J connectivity index is 2.34. The summed E-state index contributed by atoms with van der Waals surface area (Å²) in [5.74, 6) is 2.16. The lowest BCUT2D eigenvalue weighted by Gasteiger charge is -2.08. The van der Waals surface area contributed by atoms with Gasteiger partial charge >= 0.3 is 0 Å². The first-order chi connectivity index (χ1) is 11.2. The summed E-state index contributed by atoms with van der Waals surface area (Å²) in [5.41, 5.74) is 3.89. The van der Waals surface area contributed by atoms with Gasteiger partial charge < -0.3 is 0 Å². The van der Waals surface area contributed by atoms with Crippen LogP contribution < -0.4 is 0 Å². The number of hydrogen-bond acceptors (Lipinski definition) is 2. The number of thioether (sulfide) groups is 2. The summed E-state index contributed by atoms with van der Waals surface area (Å²) in [6.45, 7) is 6.54. The lowest BCUT2D eigenvalue weighted by atomic mass is 10.1. The molecule has 0 aliphatic carbocycles. The van der Waals surface area contributed by atoms with E-state index >= 15 is 0 Å². The molecule has 2 aromatic rings. The van der Waals surface area contributed by atoms with Gasteiger partial charge in [-0.3, -0.25) is 0 Å². The van der Waals surface area contributed by atoms with Gasteiger partial charge in [-0.05, 0) is 41.7 Å². The Labute approximate surface area is 149 Å². The molecule has 0 radical (unpaired) electrons. The molecule has 0 amide bonds. The Bertz CT molecular complexity index is 652. The molecule has 0 heterocycles. The van der Waals surface area contributed by atoms with Crippen molar-refractivity contribution in [2.75, 3.05) is 11.5 Å². The molecule has 0 saturated heterocycles. The van der Waals surface area contributed by atoms with Crippen LogP contribution in [0.2, 0.25) is 0 Å². The molecule has 2 heteroatoms. The van der Waals surface area contributed by atoms with Gasteiger partial charge in [-0.15, -0.1) is 23.5 Å². The number of aryl methyl sites for hydroxylation is 1. The van der Waals surface area contributed by atoms with Crippen molar-refractivity contribution in [1.29, 1.82) is 0 Å². The smallest absolute Gasteiger partial charge is 0.0145 e. The van der Waals surface area contributed by atoms with Crippen molar-refractivity contribution in [3.63, 3.8) is 0 Å². The van der Waals surface area contributed by atoms with Gasteiger partial charge in [0.1, 0.15) is 0 Å². The van der Waals surface area contributed by atoms with E-state index in [1.165, 1.54) is 26.5 Å². The van der Waals surface area contributed by atoms with Crippen molar-refractivity contribution >= 4 is 33.3 Å². The zero-order valence-electron chi connectivity index (χ0n) is 14.1. The van der Waals surface area contributed by atoms with Crippen molar-refractivity contribution in [1.82, 2.24) is 0 Å². The molecule has 23 heavy (non-hydrogen) atoms. The fourth-order valence-electron chi connectivity index (χ4n) is 2.24. The van der Waals surface area contributed by atoms with Crippen LogP contribution >= 0.6 is 23.5 Å². The maximum Gasteiger partial charge on any atom is 0.0145 e. The van der Waals surface area contributed by atoms with E-state index in [9.17, 15) is 0 Å². The van der Waals surface area contributed by atoms with Crippen molar-refractivity contribution in [2.24, 2.45) is 0 Å². The second-order valence-electron chi connectivity index (χ2n) is 5.16. The molecule has 2 rings (SSSR count). The van der Waals surface area contributed by atoms with Crippen molar-refractivity contribution in [3.05, 3.63) is 83.4 Å². The summed E-state index contributed by atoms with van der Waals surface area (Å²) in [7, 11) is 0. The van der Waals surface area contributed by atoms with Gasteiger partial charge in [-0.25, -0.2) is 0 Å². The fourth-order valence-corrected chi connectivity index (χ4v) is 3.79. The van der Waals surface area contributed by atoms with E-state index in [1.54, 1.807) is 0 Å². The van der Waals surface area contributed by atoms with Crippen molar-refractivity contribution in [2.45, 2.75) is 20.8 Å². The molecule has 0 atom stereocenters. The standard InChI is InChI=1S/C21H24S2/c1-4-22-20(18-9-7-6-8-10-18)15-16-21(23-5-2)19-13-11-17(3)12-14-19/h6-16H,4-5H2,1-3H3/b20-15-,21-16-. The van der Waals surface area contributed by atoms with Crippen LogP contribution in [0.15, 0.2) is 66.7 Å². The van der Waals surface area contributed by atoms with Gasteiger partial charge in [0.05, 0.1) is 0 Å². The van der Waals surface area contributed by atoms with Crippen LogP contribution in [0.3, 0.4) is 0 Å². The Kier molecular flexibility index (Phi) is 7.57. The van der Waals surface area contributed by atoms with E-state index in [-0.39, 0.29) is 0 Å². The van der Waals surface area contributed by atoms with Crippen LogP contribution in [0.25, 0.3) is 9.81 Å². The molecular weight excluding hydrogens is 316 g/mol. The van der Waals surface area contributed by atoms with E-state index in [0.29, 0.717) is 0 Å². The van der Waals surface area contributed by atoms with Crippen LogP contribution in [0.4, 0.5) is 0 Å². The summed E-state index contributed by atoms with van der Waals surface area (Å²) in [6.07, 6.45) is 4.53. The number of allylic oxidation sites excluding steroid dienone is 2. The zero-order chi connectivity index (χ0) is 16.5. The van der Waals surface area contributed by atoms with Crippen molar-refractivity contribution < 1.29 is 0 Å². The summed E-state index contributed by atoms with van der Waals surface area (Å²) in [4.78, 5) is 2.66. The third kappa shape index (κ3) is 5.63. The maximum atomic E-state index is 2.27. The molecule has 0 fully saturated rings. The van der Waals surface area contributed by atoms with E-state index in [2.05, 4.69) is 87.5 Å². The monoisotopic (exact) mass is 340 g/mol. The third-order valence-corrected chi connectivity index (χ3v) is 5.32. The van der Waals surface area contributed by atoms with Crippen LogP contribution in [-0.4, -0.2) is 11.5 Å². The lowest BCUT2D eigenvalue weighted by molar-refractivity contribution is 1.46. The number of hydrogen-bond donors (Lipinski definition) is 0. The molecule has 0 spiro atoms. The number of benzene rings is 2. The molecular formula is C21H24S2. The summed E-state index contributed by atoms with van der Waals surface area (Å²) in [5, 5.41) is 0. The average molecular weight is 341 g/mol. The van der Waals surface area contributed by atoms with Gasteiger partial charge in [0.2, 0.25) is 0 Å². The minimum Gasteiger partial charge on any atom is -0.126 e. The predicted molar refractivity (Wildman–Crippen MR) is 110 cm³/mol. The molecule has 0 unspecified atom stereocenters. The molecule has 0 bridgehead atoms. The third-order valence-electron chi connectivity index (χ3n) is 3.38. The van der Waals surface area contributed by atoms with E-state index in [4.69, 9.17) is 0 Å². The highest BCUT2D eigenvalue weighted by Crippen LogP contribution is 2.31. The zero-order valence-corrected chi connectivity index (χ0v) is 15.7. The molecule has 0 aliphatic rings. The highest BCUT2D eigenvalue weighted by molar-refractivity contribution is 8.08. The van der Waals surface area contributed by atoms with Gasteiger partial charge in [-0.2, -0.15) is 0 Å². The Morgan fingerprint density at radius 2 is 1.22 bits per heavy atom. The van der Waals surface area contributed by atoms with E-state index in [0.717, 1.165) is 11.5 Å². The first kappa shape index (κ1) is 18.0. The van der Waals surface area contributed by atoms with Gasteiger partial charge in [-0.1, -0.05) is 74.0 Å². The van der Waals surface area contributed by atoms with Crippen LogP contribution in [-0.2, 0) is 0 Å². The predicted octanol–water partition coefficient (Wildman–Crippen LogP) is 6.88. The van der Waals surface area contributed by atoms with Crippen LogP contribution in [0, 0.1) is 6.92 Å². The molecule has 2 aromatic carbocycles. The Morgan fingerprint density at radius 3 is 1.70 bits per heavy atom.